The molecule has 0 amide bonds. The van der Waals surface area contributed by atoms with Gasteiger partial charge in [0.1, 0.15) is 5.60 Å². The summed E-state index contributed by atoms with van der Waals surface area (Å²) in [7, 11) is 2.07. The number of nitrogens with zero attached hydrogens (tertiary/aromatic N) is 2. The Morgan fingerprint density at radius 3 is 2.78 bits per heavy atom. The van der Waals surface area contributed by atoms with Gasteiger partial charge in [-0.2, -0.15) is 0 Å². The highest BCUT2D eigenvalue weighted by atomic mass is 16.5. The fourth-order valence-electron chi connectivity index (χ4n) is 4.51. The molecule has 5 nitrogen and oxygen atoms in total. The van der Waals surface area contributed by atoms with Crippen LogP contribution in [-0.2, 0) is 16.9 Å². The third-order valence-electron chi connectivity index (χ3n) is 5.88. The van der Waals surface area contributed by atoms with Gasteiger partial charge in [0, 0.05) is 43.6 Å². The molecule has 2 N–H and O–H groups in total. The number of hydrogen-bond donors (Lipinski definition) is 2. The molecule has 1 saturated heterocycles. The number of β-amino-alcohol motifs (C(OH)–C–C–N with tert-alkyl or cyclic N) is 1. The summed E-state index contributed by atoms with van der Waals surface area (Å²) in [6.07, 6.45) is 1.94. The minimum absolute atomic E-state index is 0.590. The summed E-state index contributed by atoms with van der Waals surface area (Å²) < 4.78 is 5.48. The largest absolute Gasteiger partial charge is 0.379 e. The van der Waals surface area contributed by atoms with E-state index in [1.165, 1.54) is 11.3 Å². The summed E-state index contributed by atoms with van der Waals surface area (Å²) in [5.41, 5.74) is 4.47. The van der Waals surface area contributed by atoms with E-state index in [9.17, 15) is 5.11 Å². The van der Waals surface area contributed by atoms with Gasteiger partial charge in [0.2, 0.25) is 0 Å². The van der Waals surface area contributed by atoms with Gasteiger partial charge in [-0.15, -0.1) is 0 Å². The van der Waals surface area contributed by atoms with E-state index in [0.717, 1.165) is 54.9 Å². The van der Waals surface area contributed by atoms with Crippen molar-refractivity contribution in [3.05, 3.63) is 65.4 Å². The van der Waals surface area contributed by atoms with Crippen molar-refractivity contribution in [3.8, 4) is 0 Å². The lowest BCUT2D eigenvalue weighted by molar-refractivity contribution is 0.0284. The van der Waals surface area contributed by atoms with Gasteiger partial charge in [-0.1, -0.05) is 12.1 Å². The van der Waals surface area contributed by atoms with Crippen LogP contribution in [0.4, 0.5) is 5.69 Å². The van der Waals surface area contributed by atoms with E-state index < -0.39 is 5.60 Å². The second-order valence-corrected chi connectivity index (χ2v) is 7.75. The summed E-state index contributed by atoms with van der Waals surface area (Å²) in [6.45, 7) is 4.83. The number of nitrogens with one attached hydrogen (secondary N) is 1. The maximum atomic E-state index is 11.8. The van der Waals surface area contributed by atoms with Crippen LogP contribution in [0.15, 0.2) is 48.7 Å². The molecule has 0 saturated carbocycles. The topological polar surface area (TPSA) is 51.7 Å². The fraction of sp³-hybridized carbons (Fsp3) is 0.364. The van der Waals surface area contributed by atoms with Crippen LogP contribution in [0.1, 0.15) is 16.7 Å². The second kappa shape index (κ2) is 6.37. The van der Waals surface area contributed by atoms with Crippen molar-refractivity contribution in [3.63, 3.8) is 0 Å². The highest BCUT2D eigenvalue weighted by molar-refractivity contribution is 5.80. The summed E-state index contributed by atoms with van der Waals surface area (Å²) in [5, 5.41) is 12.9. The molecular weight excluding hydrogens is 338 g/mol. The van der Waals surface area contributed by atoms with Crippen molar-refractivity contribution in [2.24, 2.45) is 0 Å². The van der Waals surface area contributed by atoms with Gasteiger partial charge in [-0.25, -0.2) is 0 Å². The SMILES string of the molecule is CN1Cc2cc(N3CCOCC3)ccc2C(O)(c2ccc3[nH]ccc3c2)C1. The van der Waals surface area contributed by atoms with E-state index in [0.29, 0.717) is 6.54 Å². The number of fused-ring (bicyclic) bond motifs is 2. The molecule has 2 aliphatic heterocycles. The number of aromatic amines is 1. The Bertz CT molecular complexity index is 977. The van der Waals surface area contributed by atoms with Crippen LogP contribution in [0.3, 0.4) is 0 Å². The van der Waals surface area contributed by atoms with Crippen LogP contribution >= 0.6 is 0 Å². The molecule has 2 aromatic carbocycles. The number of benzene rings is 2. The number of likely N-dealkylation sites (N-methyl/N-ethyl adjacent to an activating group) is 1. The quantitative estimate of drug-likeness (QED) is 0.735. The van der Waals surface area contributed by atoms with Crippen LogP contribution in [-0.4, -0.2) is 54.9 Å². The van der Waals surface area contributed by atoms with Gasteiger partial charge in [-0.3, -0.25) is 4.90 Å². The first kappa shape index (κ1) is 16.8. The lowest BCUT2D eigenvalue weighted by atomic mass is 9.80. The number of aromatic nitrogens is 1. The number of hydrogen-bond acceptors (Lipinski definition) is 4. The summed E-state index contributed by atoms with van der Waals surface area (Å²) in [6, 6.07) is 14.8. The summed E-state index contributed by atoms with van der Waals surface area (Å²) in [4.78, 5) is 7.79. The van der Waals surface area contributed by atoms with Crippen molar-refractivity contribution in [2.75, 3.05) is 44.8 Å². The highest BCUT2D eigenvalue weighted by Crippen LogP contribution is 2.39. The predicted molar refractivity (Wildman–Crippen MR) is 107 cm³/mol. The smallest absolute Gasteiger partial charge is 0.128 e. The van der Waals surface area contributed by atoms with E-state index in [1.54, 1.807) is 0 Å². The number of ether oxygens (including phenoxy) is 1. The van der Waals surface area contributed by atoms with Gasteiger partial charge in [-0.05, 0) is 59.5 Å². The molecule has 3 aromatic rings. The number of anilines is 1. The molecule has 1 fully saturated rings. The first-order valence-corrected chi connectivity index (χ1v) is 9.58. The van der Waals surface area contributed by atoms with Gasteiger partial charge >= 0.3 is 0 Å². The Morgan fingerprint density at radius 1 is 1.07 bits per heavy atom. The van der Waals surface area contributed by atoms with E-state index in [4.69, 9.17) is 4.74 Å². The molecule has 27 heavy (non-hydrogen) atoms. The lowest BCUT2D eigenvalue weighted by Crippen LogP contribution is -2.45. The van der Waals surface area contributed by atoms with Crippen LogP contribution in [0, 0.1) is 0 Å². The number of aliphatic hydroxyl groups is 1. The maximum Gasteiger partial charge on any atom is 0.128 e. The van der Waals surface area contributed by atoms with E-state index in [1.807, 2.05) is 12.3 Å². The van der Waals surface area contributed by atoms with Crippen LogP contribution in [0.25, 0.3) is 10.9 Å². The third-order valence-corrected chi connectivity index (χ3v) is 5.88. The van der Waals surface area contributed by atoms with Gasteiger partial charge < -0.3 is 19.7 Å². The molecule has 1 atom stereocenters. The zero-order valence-corrected chi connectivity index (χ0v) is 15.6. The van der Waals surface area contributed by atoms with Gasteiger partial charge in [0.25, 0.3) is 0 Å². The molecule has 0 aliphatic carbocycles. The van der Waals surface area contributed by atoms with Crippen molar-refractivity contribution < 1.29 is 9.84 Å². The molecule has 0 spiro atoms. The second-order valence-electron chi connectivity index (χ2n) is 7.75. The Labute approximate surface area is 159 Å². The Hall–Kier alpha value is -2.34. The summed E-state index contributed by atoms with van der Waals surface area (Å²) in [5.74, 6) is 0. The van der Waals surface area contributed by atoms with Crippen LogP contribution in [0.2, 0.25) is 0 Å². The van der Waals surface area contributed by atoms with Crippen molar-refractivity contribution in [2.45, 2.75) is 12.1 Å². The average Bonchev–Trinajstić information content (AvgIpc) is 3.16. The standard InChI is InChI=1S/C22H25N3O2/c1-24-14-17-13-19(25-8-10-27-11-9-25)3-4-20(17)22(26,15-24)18-2-5-21-16(12-18)6-7-23-21/h2-7,12-13,23,26H,8-11,14-15H2,1H3. The normalized spacial score (nSPS) is 23.6. The Kier molecular flexibility index (Phi) is 3.97. The molecule has 1 unspecified atom stereocenters. The predicted octanol–water partition coefficient (Wildman–Crippen LogP) is 2.69. The first-order valence-electron chi connectivity index (χ1n) is 9.58. The maximum absolute atomic E-state index is 11.8. The van der Waals surface area contributed by atoms with Crippen LogP contribution < -0.4 is 4.90 Å². The monoisotopic (exact) mass is 363 g/mol. The average molecular weight is 363 g/mol. The van der Waals surface area contributed by atoms with Crippen LogP contribution in [0.5, 0.6) is 0 Å². The molecule has 140 valence electrons. The molecule has 5 rings (SSSR count). The first-order chi connectivity index (χ1) is 13.1. The number of morpholine rings is 1. The van der Waals surface area contributed by atoms with Crippen molar-refractivity contribution in [1.82, 2.24) is 9.88 Å². The Balaban J connectivity index is 1.58. The van der Waals surface area contributed by atoms with Gasteiger partial charge in [0.05, 0.1) is 13.2 Å². The fourth-order valence-corrected chi connectivity index (χ4v) is 4.51. The minimum Gasteiger partial charge on any atom is -0.379 e. The Morgan fingerprint density at radius 2 is 1.93 bits per heavy atom. The molecule has 0 radical (unpaired) electrons. The number of H-pyrrole nitrogens is 1. The lowest BCUT2D eigenvalue weighted by Gasteiger charge is -2.40. The summed E-state index contributed by atoms with van der Waals surface area (Å²) >= 11 is 0. The number of rotatable bonds is 2. The molecule has 5 heteroatoms. The zero-order chi connectivity index (χ0) is 18.4. The molecule has 0 bridgehead atoms. The molecule has 2 aliphatic rings. The molecule has 3 heterocycles. The van der Waals surface area contributed by atoms with Crippen molar-refractivity contribution >= 4 is 16.6 Å². The zero-order valence-electron chi connectivity index (χ0n) is 15.6. The van der Waals surface area contributed by atoms with E-state index in [-0.39, 0.29) is 0 Å². The van der Waals surface area contributed by atoms with E-state index >= 15 is 0 Å². The van der Waals surface area contributed by atoms with Gasteiger partial charge in [0.15, 0.2) is 0 Å². The molecule has 1 aromatic heterocycles. The minimum atomic E-state index is -1.00. The molecular formula is C22H25N3O2. The highest BCUT2D eigenvalue weighted by Gasteiger charge is 2.38. The van der Waals surface area contributed by atoms with Crippen molar-refractivity contribution in [1.29, 1.82) is 0 Å². The third kappa shape index (κ3) is 2.83. The van der Waals surface area contributed by atoms with E-state index in [2.05, 4.69) is 58.2 Å².